The van der Waals surface area contributed by atoms with Gasteiger partial charge in [0, 0.05) is 31.4 Å². The molecule has 7 nitrogen and oxygen atoms in total. The van der Waals surface area contributed by atoms with E-state index < -0.39 is 0 Å². The molecule has 0 spiro atoms. The number of hydrogen-bond donors (Lipinski definition) is 0. The molecule has 1 aliphatic heterocycles. The zero-order valence-electron chi connectivity index (χ0n) is 18.4. The Kier molecular flexibility index (Phi) is 5.60. The van der Waals surface area contributed by atoms with Gasteiger partial charge in [0.15, 0.2) is 5.75 Å². The SMILES string of the molecule is CO/C=C1\CCCN1C(=O)c1sc2c(c1OCc1ccncc1)c(=O)n(C)c1ccccc21. The number of rotatable bonds is 5. The normalized spacial score (nSPS) is 15.0. The standard InChI is InChI=1S/C25H23N3O4S/c1-27-19-8-4-3-7-18(19)22-20(24(27)29)21(32-14-16-9-11-26-12-10-16)23(33-22)25(30)28-13-5-6-17(28)15-31-2/h3-4,7-12,15H,5-6,13-14H2,1-2H3/b17-15+. The number of methoxy groups -OCH3 is 1. The first kappa shape index (κ1) is 21.2. The number of thiophene rings is 1. The van der Waals surface area contributed by atoms with E-state index in [1.807, 2.05) is 36.4 Å². The van der Waals surface area contributed by atoms with Crippen LogP contribution in [-0.4, -0.2) is 34.0 Å². The summed E-state index contributed by atoms with van der Waals surface area (Å²) < 4.78 is 13.8. The third-order valence-electron chi connectivity index (χ3n) is 5.88. The Balaban J connectivity index is 1.71. The van der Waals surface area contributed by atoms with Gasteiger partial charge >= 0.3 is 0 Å². The number of hydrogen-bond acceptors (Lipinski definition) is 6. The summed E-state index contributed by atoms with van der Waals surface area (Å²) in [6.45, 7) is 0.830. The lowest BCUT2D eigenvalue weighted by molar-refractivity contribution is 0.0821. The fraction of sp³-hybridized carbons (Fsp3) is 0.240. The van der Waals surface area contributed by atoms with Gasteiger partial charge < -0.3 is 18.9 Å². The molecule has 4 aromatic rings. The number of allylic oxidation sites excluding steroid dienone is 1. The van der Waals surface area contributed by atoms with E-state index in [1.165, 1.54) is 11.3 Å². The van der Waals surface area contributed by atoms with Gasteiger partial charge in [-0.3, -0.25) is 14.6 Å². The van der Waals surface area contributed by atoms with Gasteiger partial charge in [0.1, 0.15) is 23.1 Å². The van der Waals surface area contributed by atoms with Crippen LogP contribution in [0, 0.1) is 0 Å². The van der Waals surface area contributed by atoms with Crippen molar-refractivity contribution in [3.05, 3.63) is 81.5 Å². The second-order valence-corrected chi connectivity index (χ2v) is 8.92. The van der Waals surface area contributed by atoms with Crippen LogP contribution in [-0.2, 0) is 18.4 Å². The Morgan fingerprint density at radius 1 is 1.21 bits per heavy atom. The molecule has 1 amide bonds. The summed E-state index contributed by atoms with van der Waals surface area (Å²) in [5.74, 6) is 0.166. The average molecular weight is 462 g/mol. The highest BCUT2D eigenvalue weighted by Crippen LogP contribution is 2.41. The van der Waals surface area contributed by atoms with Crippen molar-refractivity contribution in [3.8, 4) is 5.75 Å². The molecule has 4 heterocycles. The number of ether oxygens (including phenoxy) is 2. The number of carbonyl (C=O) groups is 1. The summed E-state index contributed by atoms with van der Waals surface area (Å²) in [6.07, 6.45) is 6.63. The number of aryl methyl sites for hydroxylation is 1. The summed E-state index contributed by atoms with van der Waals surface area (Å²) >= 11 is 1.32. The quantitative estimate of drug-likeness (QED) is 0.411. The van der Waals surface area contributed by atoms with Crippen LogP contribution in [0.2, 0.25) is 0 Å². The fourth-order valence-electron chi connectivity index (χ4n) is 4.26. The van der Waals surface area contributed by atoms with Crippen molar-refractivity contribution in [2.24, 2.45) is 7.05 Å². The molecule has 8 heteroatoms. The van der Waals surface area contributed by atoms with Crippen LogP contribution in [0.15, 0.2) is 65.5 Å². The minimum Gasteiger partial charge on any atom is -0.503 e. The van der Waals surface area contributed by atoms with Crippen molar-refractivity contribution < 1.29 is 14.3 Å². The van der Waals surface area contributed by atoms with Crippen molar-refractivity contribution >= 4 is 38.2 Å². The van der Waals surface area contributed by atoms with E-state index in [9.17, 15) is 9.59 Å². The highest BCUT2D eigenvalue weighted by Gasteiger charge is 2.31. The van der Waals surface area contributed by atoms with Crippen molar-refractivity contribution in [2.75, 3.05) is 13.7 Å². The number of benzene rings is 1. The molecule has 168 valence electrons. The number of carbonyl (C=O) groups excluding carboxylic acids is 1. The first-order chi connectivity index (χ1) is 16.1. The maximum absolute atomic E-state index is 13.7. The van der Waals surface area contributed by atoms with Gasteiger partial charge in [0.05, 0.1) is 23.0 Å². The molecule has 5 rings (SSSR count). The van der Waals surface area contributed by atoms with Crippen molar-refractivity contribution in [2.45, 2.75) is 19.4 Å². The Morgan fingerprint density at radius 3 is 2.79 bits per heavy atom. The third-order valence-corrected chi connectivity index (χ3v) is 7.07. The van der Waals surface area contributed by atoms with Crippen LogP contribution in [0.3, 0.4) is 0 Å². The number of fused-ring (bicyclic) bond motifs is 3. The predicted molar refractivity (Wildman–Crippen MR) is 129 cm³/mol. The molecule has 0 radical (unpaired) electrons. The topological polar surface area (TPSA) is 73.7 Å². The zero-order chi connectivity index (χ0) is 22.9. The molecule has 3 aromatic heterocycles. The molecule has 0 N–H and O–H groups in total. The number of likely N-dealkylation sites (tertiary alicyclic amines) is 1. The van der Waals surface area contributed by atoms with Crippen molar-refractivity contribution in [3.63, 3.8) is 0 Å². The summed E-state index contributed by atoms with van der Waals surface area (Å²) in [7, 11) is 3.32. The van der Waals surface area contributed by atoms with Crippen LogP contribution < -0.4 is 10.3 Å². The van der Waals surface area contributed by atoms with E-state index in [-0.39, 0.29) is 18.1 Å². The second kappa shape index (κ2) is 8.71. The molecule has 1 fully saturated rings. The third kappa shape index (κ3) is 3.66. The second-order valence-electron chi connectivity index (χ2n) is 7.90. The van der Waals surface area contributed by atoms with Crippen LogP contribution in [0.4, 0.5) is 0 Å². The molecule has 0 bridgehead atoms. The zero-order valence-corrected chi connectivity index (χ0v) is 19.2. The maximum atomic E-state index is 13.7. The van der Waals surface area contributed by atoms with Crippen LogP contribution in [0.25, 0.3) is 21.0 Å². The van der Waals surface area contributed by atoms with Crippen LogP contribution >= 0.6 is 11.3 Å². The predicted octanol–water partition coefficient (Wildman–Crippen LogP) is 4.45. The largest absolute Gasteiger partial charge is 0.503 e. The van der Waals surface area contributed by atoms with E-state index in [4.69, 9.17) is 9.47 Å². The fourth-order valence-corrected chi connectivity index (χ4v) is 5.48. The summed E-state index contributed by atoms with van der Waals surface area (Å²) in [5, 5.41) is 1.36. The summed E-state index contributed by atoms with van der Waals surface area (Å²) in [4.78, 5) is 33.3. The number of nitrogens with zero attached hydrogens (tertiary/aromatic N) is 3. The Hall–Kier alpha value is -3.65. The van der Waals surface area contributed by atoms with E-state index in [1.54, 1.807) is 42.3 Å². The highest BCUT2D eigenvalue weighted by atomic mass is 32.1. The van der Waals surface area contributed by atoms with Crippen molar-refractivity contribution in [1.29, 1.82) is 0 Å². The lowest BCUT2D eigenvalue weighted by atomic mass is 10.1. The van der Waals surface area contributed by atoms with Gasteiger partial charge in [-0.05, 0) is 36.6 Å². The highest BCUT2D eigenvalue weighted by molar-refractivity contribution is 7.22. The molecule has 0 unspecified atom stereocenters. The minimum absolute atomic E-state index is 0.173. The molecular weight excluding hydrogens is 438 g/mol. The molecule has 1 saturated heterocycles. The first-order valence-electron chi connectivity index (χ1n) is 10.7. The monoisotopic (exact) mass is 461 g/mol. The number of para-hydroxylation sites is 1. The smallest absolute Gasteiger partial charge is 0.272 e. The van der Waals surface area contributed by atoms with Gasteiger partial charge in [0.25, 0.3) is 11.5 Å². The molecular formula is C25H23N3O4S. The lowest BCUT2D eigenvalue weighted by Crippen LogP contribution is -2.26. The summed E-state index contributed by atoms with van der Waals surface area (Å²) in [5.41, 5.74) is 2.37. The van der Waals surface area contributed by atoms with Crippen LogP contribution in [0.1, 0.15) is 28.1 Å². The molecule has 33 heavy (non-hydrogen) atoms. The van der Waals surface area contributed by atoms with Gasteiger partial charge in [-0.2, -0.15) is 0 Å². The Morgan fingerprint density at radius 2 is 2.00 bits per heavy atom. The minimum atomic E-state index is -0.183. The molecule has 1 aliphatic rings. The van der Waals surface area contributed by atoms with Crippen molar-refractivity contribution in [1.82, 2.24) is 14.5 Å². The van der Waals surface area contributed by atoms with Crippen LogP contribution in [0.5, 0.6) is 5.75 Å². The molecule has 0 aliphatic carbocycles. The number of amides is 1. The summed E-state index contributed by atoms with van der Waals surface area (Å²) in [6, 6.07) is 11.4. The number of pyridine rings is 2. The number of aromatic nitrogens is 2. The average Bonchev–Trinajstić information content (AvgIpc) is 3.47. The maximum Gasteiger partial charge on any atom is 0.272 e. The molecule has 1 aromatic carbocycles. The molecule has 0 saturated carbocycles. The Labute approximate surface area is 194 Å². The van der Waals surface area contributed by atoms with Gasteiger partial charge in [0.2, 0.25) is 0 Å². The van der Waals surface area contributed by atoms with E-state index in [2.05, 4.69) is 4.98 Å². The molecule has 0 atom stereocenters. The lowest BCUT2D eigenvalue weighted by Gasteiger charge is -2.17. The Bertz CT molecular complexity index is 1440. The van der Waals surface area contributed by atoms with Gasteiger partial charge in [-0.15, -0.1) is 11.3 Å². The van der Waals surface area contributed by atoms with E-state index in [0.717, 1.165) is 39.7 Å². The van der Waals surface area contributed by atoms with E-state index >= 15 is 0 Å². The first-order valence-corrected chi connectivity index (χ1v) is 11.5. The van der Waals surface area contributed by atoms with E-state index in [0.29, 0.717) is 22.6 Å². The van der Waals surface area contributed by atoms with Gasteiger partial charge in [-0.1, -0.05) is 18.2 Å². The van der Waals surface area contributed by atoms with Gasteiger partial charge in [-0.25, -0.2) is 0 Å².